The van der Waals surface area contributed by atoms with Crippen molar-refractivity contribution in [3.63, 3.8) is 0 Å². The third-order valence-electron chi connectivity index (χ3n) is 6.24. The van der Waals surface area contributed by atoms with E-state index in [9.17, 15) is 13.6 Å². The molecule has 9 heteroatoms. The summed E-state index contributed by atoms with van der Waals surface area (Å²) in [5.74, 6) is 4.61. The lowest BCUT2D eigenvalue weighted by atomic mass is 10.0. The number of hydrogen-bond acceptors (Lipinski definition) is 6. The largest absolute Gasteiger partial charge is 0.486 e. The van der Waals surface area contributed by atoms with E-state index in [1.54, 1.807) is 19.9 Å². The van der Waals surface area contributed by atoms with E-state index < -0.39 is 17.5 Å². The molecule has 0 atom stereocenters. The molecule has 0 radical (unpaired) electrons. The molecule has 2 aromatic carbocycles. The molecule has 3 aromatic rings. The number of hydrogen-bond donors (Lipinski definition) is 2. The van der Waals surface area contributed by atoms with Gasteiger partial charge < -0.3 is 15.8 Å². The Balaban J connectivity index is 1.58. The lowest BCUT2D eigenvalue weighted by Crippen LogP contribution is -2.25. The number of likely N-dealkylation sites (N-methyl/N-ethyl adjacent to an activating group) is 1. The summed E-state index contributed by atoms with van der Waals surface area (Å²) >= 11 is 0. The average molecular weight is 506 g/mol. The molecule has 1 aliphatic rings. The van der Waals surface area contributed by atoms with E-state index in [-0.39, 0.29) is 35.1 Å². The van der Waals surface area contributed by atoms with Crippen LogP contribution in [-0.2, 0) is 0 Å². The summed E-state index contributed by atoms with van der Waals surface area (Å²) in [4.78, 5) is 23.2. The highest BCUT2D eigenvalue weighted by Gasteiger charge is 2.25. The molecule has 1 fully saturated rings. The standard InChI is InChI=1S/C28H29F2N5O2/c1-4-5-10-35(3)11-12-37-26-25(32-16-33-27(26)31)22-14-20(29)15-24(17(22)2)34-28(36)21-9-8-19(13-23(21)30)18-6-7-18/h8-9,13-16,18H,6-7,10-12H2,1-3H3,(H,34,36)(H2,31,32,33). The maximum absolute atomic E-state index is 14.7. The number of amides is 1. The van der Waals surface area contributed by atoms with Gasteiger partial charge in [-0.05, 0) is 75.0 Å². The first-order valence-corrected chi connectivity index (χ1v) is 12.0. The molecule has 1 saturated carbocycles. The molecule has 0 bridgehead atoms. The number of nitrogen functional groups attached to an aromatic ring is 1. The second kappa shape index (κ2) is 11.4. The van der Waals surface area contributed by atoms with Crippen LogP contribution in [0.15, 0.2) is 36.7 Å². The van der Waals surface area contributed by atoms with E-state index >= 15 is 0 Å². The first-order chi connectivity index (χ1) is 17.8. The Kier molecular flexibility index (Phi) is 7.99. The number of ether oxygens (including phenoxy) is 1. The summed E-state index contributed by atoms with van der Waals surface area (Å²) in [5, 5.41) is 2.64. The van der Waals surface area contributed by atoms with Gasteiger partial charge in [-0.25, -0.2) is 18.7 Å². The average Bonchev–Trinajstić information content (AvgIpc) is 3.71. The van der Waals surface area contributed by atoms with Gasteiger partial charge in [-0.3, -0.25) is 9.69 Å². The molecule has 0 aliphatic heterocycles. The van der Waals surface area contributed by atoms with Gasteiger partial charge in [0.1, 0.15) is 30.3 Å². The van der Waals surface area contributed by atoms with Gasteiger partial charge in [-0.15, -0.1) is 5.92 Å². The number of nitrogens with one attached hydrogen (secondary N) is 1. The van der Waals surface area contributed by atoms with Crippen molar-refractivity contribution in [1.29, 1.82) is 0 Å². The summed E-state index contributed by atoms with van der Waals surface area (Å²) in [5.41, 5.74) is 8.21. The number of nitrogens with two attached hydrogens (primary N) is 1. The topological polar surface area (TPSA) is 93.4 Å². The van der Waals surface area contributed by atoms with Gasteiger partial charge in [-0.2, -0.15) is 0 Å². The zero-order valence-electron chi connectivity index (χ0n) is 21.1. The molecule has 1 aliphatic carbocycles. The molecular weight excluding hydrogens is 476 g/mol. The van der Waals surface area contributed by atoms with Crippen LogP contribution in [0.1, 0.15) is 47.2 Å². The van der Waals surface area contributed by atoms with Crippen molar-refractivity contribution in [3.8, 4) is 28.8 Å². The molecule has 192 valence electrons. The molecule has 4 rings (SSSR count). The lowest BCUT2D eigenvalue weighted by Gasteiger charge is -2.18. The monoisotopic (exact) mass is 505 g/mol. The minimum Gasteiger partial charge on any atom is -0.486 e. The van der Waals surface area contributed by atoms with Crippen LogP contribution >= 0.6 is 0 Å². The van der Waals surface area contributed by atoms with Gasteiger partial charge in [0.25, 0.3) is 5.91 Å². The van der Waals surface area contributed by atoms with Crippen LogP contribution in [0.25, 0.3) is 11.3 Å². The molecule has 1 amide bonds. The van der Waals surface area contributed by atoms with Crippen molar-refractivity contribution in [2.75, 3.05) is 37.8 Å². The van der Waals surface area contributed by atoms with Crippen molar-refractivity contribution in [3.05, 3.63) is 65.0 Å². The van der Waals surface area contributed by atoms with Crippen LogP contribution in [0, 0.1) is 30.4 Å². The first kappa shape index (κ1) is 26.0. The van der Waals surface area contributed by atoms with E-state index in [1.807, 2.05) is 11.9 Å². The normalized spacial score (nSPS) is 12.7. The number of anilines is 2. The number of carbonyl (C=O) groups is 1. The molecule has 7 nitrogen and oxygen atoms in total. The van der Waals surface area contributed by atoms with Crippen molar-refractivity contribution >= 4 is 17.4 Å². The molecular formula is C28H29F2N5O2. The van der Waals surface area contributed by atoms with Crippen LogP contribution < -0.4 is 15.8 Å². The Morgan fingerprint density at radius 3 is 2.73 bits per heavy atom. The number of rotatable bonds is 9. The Labute approximate surface area is 215 Å². The SMILES string of the molecule is CC#CCN(C)CCOc1c(N)ncnc1-c1cc(F)cc(NC(=O)c2ccc(C3CC3)cc2F)c1C. The predicted molar refractivity (Wildman–Crippen MR) is 139 cm³/mol. The highest BCUT2D eigenvalue weighted by molar-refractivity contribution is 6.05. The second-order valence-electron chi connectivity index (χ2n) is 9.04. The van der Waals surface area contributed by atoms with E-state index in [2.05, 4.69) is 27.1 Å². The van der Waals surface area contributed by atoms with Gasteiger partial charge in [0.15, 0.2) is 11.6 Å². The van der Waals surface area contributed by atoms with Crippen LogP contribution in [0.3, 0.4) is 0 Å². The summed E-state index contributed by atoms with van der Waals surface area (Å²) in [6, 6.07) is 7.10. The Hall–Kier alpha value is -4.03. The molecule has 1 aromatic heterocycles. The quantitative estimate of drug-likeness (QED) is 0.407. The molecule has 3 N–H and O–H groups in total. The highest BCUT2D eigenvalue weighted by atomic mass is 19.1. The molecule has 0 spiro atoms. The Morgan fingerprint density at radius 2 is 2.03 bits per heavy atom. The van der Waals surface area contributed by atoms with Gasteiger partial charge in [0.05, 0.1) is 12.1 Å². The van der Waals surface area contributed by atoms with Crippen LogP contribution in [-0.4, -0.2) is 47.5 Å². The van der Waals surface area contributed by atoms with E-state index in [0.717, 1.165) is 18.4 Å². The van der Waals surface area contributed by atoms with Gasteiger partial charge in [0.2, 0.25) is 0 Å². The number of aromatic nitrogens is 2. The smallest absolute Gasteiger partial charge is 0.258 e. The molecule has 37 heavy (non-hydrogen) atoms. The van der Waals surface area contributed by atoms with Crippen LogP contribution in [0.5, 0.6) is 5.75 Å². The fourth-order valence-corrected chi connectivity index (χ4v) is 3.95. The van der Waals surface area contributed by atoms with E-state index in [1.165, 1.54) is 30.6 Å². The number of halogens is 2. The molecule has 0 unspecified atom stereocenters. The third-order valence-corrected chi connectivity index (χ3v) is 6.24. The van der Waals surface area contributed by atoms with Crippen LogP contribution in [0.4, 0.5) is 20.3 Å². The Morgan fingerprint density at radius 1 is 1.24 bits per heavy atom. The number of nitrogens with zero attached hydrogens (tertiary/aromatic N) is 3. The predicted octanol–water partition coefficient (Wildman–Crippen LogP) is 4.78. The highest BCUT2D eigenvalue weighted by Crippen LogP contribution is 2.40. The maximum atomic E-state index is 14.7. The van der Waals surface area contributed by atoms with Gasteiger partial charge in [0, 0.05) is 17.8 Å². The van der Waals surface area contributed by atoms with Gasteiger partial charge >= 0.3 is 0 Å². The fraction of sp³-hybridized carbons (Fsp3) is 0.321. The van der Waals surface area contributed by atoms with Gasteiger partial charge in [-0.1, -0.05) is 12.0 Å². The van der Waals surface area contributed by atoms with E-state index in [4.69, 9.17) is 10.5 Å². The first-order valence-electron chi connectivity index (χ1n) is 12.0. The summed E-state index contributed by atoms with van der Waals surface area (Å²) in [6.45, 7) is 4.91. The van der Waals surface area contributed by atoms with Crippen molar-refractivity contribution in [1.82, 2.24) is 14.9 Å². The molecule has 0 saturated heterocycles. The van der Waals surface area contributed by atoms with Crippen molar-refractivity contribution < 1.29 is 18.3 Å². The summed E-state index contributed by atoms with van der Waals surface area (Å²) < 4.78 is 35.3. The minimum absolute atomic E-state index is 0.105. The zero-order valence-corrected chi connectivity index (χ0v) is 21.1. The van der Waals surface area contributed by atoms with E-state index in [0.29, 0.717) is 30.1 Å². The third kappa shape index (κ3) is 6.22. The summed E-state index contributed by atoms with van der Waals surface area (Å²) in [6.07, 6.45) is 3.32. The zero-order chi connectivity index (χ0) is 26.5. The Bertz CT molecular complexity index is 1380. The van der Waals surface area contributed by atoms with Crippen molar-refractivity contribution in [2.45, 2.75) is 32.6 Å². The fourth-order valence-electron chi connectivity index (χ4n) is 3.95. The minimum atomic E-state index is -0.670. The lowest BCUT2D eigenvalue weighted by molar-refractivity contribution is 0.102. The second-order valence-corrected chi connectivity index (χ2v) is 9.04. The summed E-state index contributed by atoms with van der Waals surface area (Å²) in [7, 11) is 1.91. The molecule has 1 heterocycles. The number of benzene rings is 2. The van der Waals surface area contributed by atoms with Crippen molar-refractivity contribution in [2.24, 2.45) is 0 Å². The number of carbonyl (C=O) groups excluding carboxylic acids is 1. The van der Waals surface area contributed by atoms with Crippen LogP contribution in [0.2, 0.25) is 0 Å². The maximum Gasteiger partial charge on any atom is 0.258 e.